The molecule has 10 heteroatoms. The highest BCUT2D eigenvalue weighted by atomic mass is 32.1. The van der Waals surface area contributed by atoms with Gasteiger partial charge in [-0.25, -0.2) is 0 Å². The zero-order chi connectivity index (χ0) is 93.0. The predicted octanol–water partition coefficient (Wildman–Crippen LogP) is 38.3. The van der Waals surface area contributed by atoms with Crippen molar-refractivity contribution in [1.29, 1.82) is 0 Å². The van der Waals surface area contributed by atoms with Crippen LogP contribution in [-0.4, -0.2) is 13.2 Å². The van der Waals surface area contributed by atoms with Gasteiger partial charge in [0, 0.05) is 88.7 Å². The minimum absolute atomic E-state index is 0. The zero-order valence-electron chi connectivity index (χ0n) is 77.3. The molecule has 0 radical (unpaired) electrons. The van der Waals surface area contributed by atoms with Crippen molar-refractivity contribution in [2.45, 2.75) is 46.0 Å². The summed E-state index contributed by atoms with van der Waals surface area (Å²) in [5.74, 6) is 0. The Hall–Kier alpha value is -16.9. The van der Waals surface area contributed by atoms with E-state index in [1.165, 1.54) is 189 Å². The number of fused-ring (bicyclic) bond motifs is 25. The fourth-order valence-corrected chi connectivity index (χ4v) is 26.1. The first-order chi connectivity index (χ1) is 69.0. The molecular weight excluding hydrogens is 1770 g/mol. The van der Waals surface area contributed by atoms with Crippen LogP contribution in [0, 0.1) is 0 Å². The Morgan fingerprint density at radius 3 is 1.13 bits per heavy atom. The quantitative estimate of drug-likeness (QED) is 0.115. The van der Waals surface area contributed by atoms with E-state index in [-0.39, 0.29) is 18.3 Å². The molecule has 672 valence electrons. The van der Waals surface area contributed by atoms with Gasteiger partial charge < -0.3 is 19.1 Å². The largest absolute Gasteiger partial charge is 0.455 e. The summed E-state index contributed by atoms with van der Waals surface area (Å²) in [6, 6.07) is 172. The third-order valence-electron chi connectivity index (χ3n) is 29.2. The number of furan rings is 1. The number of benzene rings is 20. The molecule has 7 nitrogen and oxygen atoms in total. The van der Waals surface area contributed by atoms with Crippen molar-refractivity contribution in [1.82, 2.24) is 13.2 Å². The third kappa shape index (κ3) is 13.8. The Morgan fingerprint density at radius 1 is 0.220 bits per heavy atom. The molecule has 7 heterocycles. The summed E-state index contributed by atoms with van der Waals surface area (Å²) >= 11 is 5.60. The molecule has 0 saturated heterocycles. The van der Waals surface area contributed by atoms with Crippen LogP contribution in [0.2, 0.25) is 0 Å². The molecule has 27 aromatic rings. The normalized spacial score (nSPS) is 12.7. The van der Waals surface area contributed by atoms with Gasteiger partial charge in [0.1, 0.15) is 25.7 Å². The first-order valence-corrected chi connectivity index (χ1v) is 50.4. The van der Waals surface area contributed by atoms with Crippen molar-refractivity contribution < 1.29 is 4.42 Å². The number of thiazole rings is 3. The van der Waals surface area contributed by atoms with Crippen LogP contribution in [0.4, 0.5) is 51.2 Å². The average Bonchev–Trinajstić information content (AvgIpc) is 1.56. The molecule has 2 aliphatic rings. The third-order valence-corrected chi connectivity index (χ3v) is 32.6. The highest BCUT2D eigenvalue weighted by molar-refractivity contribution is 7.25. The van der Waals surface area contributed by atoms with E-state index >= 15 is 0 Å². The second-order valence-electron chi connectivity index (χ2n) is 37.8. The lowest BCUT2D eigenvalue weighted by atomic mass is 9.82. The van der Waals surface area contributed by atoms with E-state index in [0.29, 0.717) is 0 Å². The van der Waals surface area contributed by atoms with E-state index < -0.39 is 0 Å². The Morgan fingerprint density at radius 2 is 0.582 bits per heavy atom. The van der Waals surface area contributed by atoms with E-state index in [4.69, 9.17) is 4.42 Å². The van der Waals surface area contributed by atoms with Gasteiger partial charge in [0.05, 0.1) is 58.6 Å². The van der Waals surface area contributed by atoms with E-state index in [2.05, 4.69) is 517 Å². The summed E-state index contributed by atoms with van der Waals surface area (Å²) in [4.78, 5) is 11.1. The lowest BCUT2D eigenvalue weighted by Crippen LogP contribution is -2.18. The topological polar surface area (TPSA) is 36.1 Å². The number of aromatic nitrogens is 3. The average molecular weight is 1860 g/mol. The van der Waals surface area contributed by atoms with Crippen molar-refractivity contribution in [3.63, 3.8) is 0 Å². The zero-order valence-corrected chi connectivity index (χ0v) is 79.8. The standard InChI is InChI=1S/C54H40N2S.C44H28N2OS.C32H22N2S.CH4/c1-53(2)44-17-9-7-15-39(44)41-26-24-37(31-46(41)53)55(38-25-27-42-40-16-8-10-18-45(40)54(3,4)47(42)32-38)51-43-30-36(35-22-21-33-13-5-6-14-34(33)29-35)23-28-48(43)56-49-19-11-12-20-50(49)57-52(51)56;1-3-12-29(13-4-1)31-24-27-38-37(28-31)42(44-46(38)39-19-8-10-21-41(39)48-44)45(32-14-5-2-6-15-32)33-25-22-30(23-26-33)34-17-11-18-36-35-16-7-9-20-40(35)47-43(34)36;1-3-11-24(12-4-1)33(25-13-5-2-6-14-25)26-21-19-23(20-22-26)31-27-15-7-8-16-28(27)34-29-17-9-10-18-30(29)35-32(31)34;/h5-32H,1-4H3;1-28H;1-22H;1H4. The summed E-state index contributed by atoms with van der Waals surface area (Å²) in [5.41, 5.74) is 39.8. The molecule has 29 rings (SSSR count). The second kappa shape index (κ2) is 33.8. The molecule has 0 aliphatic heterocycles. The SMILES string of the molecule is C.CC1(C)c2ccccc2-c2ccc(N(c3ccc4c(c3)C(C)(C)c3ccccc3-4)c3c4cc(-c5ccc6ccccc6c5)ccc4n4c3sc3ccccc34)cc21.c1ccc(-c2ccc3c(c2)c(N(c2ccccc2)c2ccc(-c4cccc5c4oc4ccccc45)cc2)c2sc4ccccc4n23)cc1.c1ccc(N(c2ccccc2)c2ccc(-c3c4ccccc4n4c3sc3ccccc34)cc2)cc1. The van der Waals surface area contributed by atoms with Crippen LogP contribution in [0.25, 0.3) is 177 Å². The number of hydrogen-bond donors (Lipinski definition) is 0. The molecule has 0 spiro atoms. The van der Waals surface area contributed by atoms with Gasteiger partial charge in [0.15, 0.2) is 0 Å². The van der Waals surface area contributed by atoms with Gasteiger partial charge in [0.25, 0.3) is 0 Å². The Labute approximate surface area is 829 Å². The Kier molecular flexibility index (Phi) is 20.3. The molecule has 7 aromatic heterocycles. The van der Waals surface area contributed by atoms with Crippen molar-refractivity contribution in [2.24, 2.45) is 0 Å². The van der Waals surface area contributed by atoms with Gasteiger partial charge in [0.2, 0.25) is 0 Å². The van der Waals surface area contributed by atoms with E-state index in [1.54, 1.807) is 0 Å². The van der Waals surface area contributed by atoms with E-state index in [1.807, 2.05) is 46.1 Å². The monoisotopic (exact) mass is 1860 g/mol. The van der Waals surface area contributed by atoms with E-state index in [0.717, 1.165) is 61.5 Å². The smallest absolute Gasteiger partial charge is 0.143 e. The minimum atomic E-state index is -0.131. The Balaban J connectivity index is 0.000000111. The summed E-state index contributed by atoms with van der Waals surface area (Å²) in [6.45, 7) is 9.53. The molecule has 2 aliphatic carbocycles. The molecule has 0 unspecified atom stereocenters. The van der Waals surface area contributed by atoms with Crippen molar-refractivity contribution in [3.8, 4) is 66.8 Å². The van der Waals surface area contributed by atoms with Crippen LogP contribution >= 0.6 is 34.0 Å². The van der Waals surface area contributed by atoms with Crippen LogP contribution in [0.3, 0.4) is 0 Å². The molecular formula is C131H94N6OS3. The summed E-state index contributed by atoms with van der Waals surface area (Å²) in [6.07, 6.45) is 0. The molecule has 0 bridgehead atoms. The van der Waals surface area contributed by atoms with Gasteiger partial charge in [-0.2, -0.15) is 0 Å². The summed E-state index contributed by atoms with van der Waals surface area (Å²) in [5, 5.41) is 8.54. The molecule has 141 heavy (non-hydrogen) atoms. The lowest BCUT2D eigenvalue weighted by Gasteiger charge is -2.29. The molecule has 0 N–H and O–H groups in total. The maximum atomic E-state index is 6.40. The van der Waals surface area contributed by atoms with Crippen molar-refractivity contribution >= 4 is 196 Å². The number of rotatable bonds is 13. The minimum Gasteiger partial charge on any atom is -0.455 e. The first kappa shape index (κ1) is 84.6. The molecule has 0 fully saturated rings. The van der Waals surface area contributed by atoms with Crippen molar-refractivity contribution in [3.05, 3.63) is 495 Å². The molecule has 0 amide bonds. The molecule has 20 aromatic carbocycles. The van der Waals surface area contributed by atoms with Gasteiger partial charge in [-0.05, 0) is 252 Å². The number of hydrogen-bond acceptors (Lipinski definition) is 7. The maximum absolute atomic E-state index is 6.40. The first-order valence-electron chi connectivity index (χ1n) is 48.0. The number of nitrogens with zero attached hydrogens (tertiary/aromatic N) is 6. The molecule has 0 saturated carbocycles. The van der Waals surface area contributed by atoms with Crippen LogP contribution in [0.15, 0.2) is 478 Å². The summed E-state index contributed by atoms with van der Waals surface area (Å²) in [7, 11) is 0. The molecule has 0 atom stereocenters. The number of anilines is 9. The van der Waals surface area contributed by atoms with Gasteiger partial charge in [-0.15, -0.1) is 34.0 Å². The van der Waals surface area contributed by atoms with Crippen LogP contribution < -0.4 is 14.7 Å². The van der Waals surface area contributed by atoms with E-state index in [9.17, 15) is 0 Å². The van der Waals surface area contributed by atoms with Crippen LogP contribution in [0.1, 0.15) is 57.4 Å². The second-order valence-corrected chi connectivity index (χ2v) is 40.9. The van der Waals surface area contributed by atoms with Gasteiger partial charge >= 0.3 is 0 Å². The highest BCUT2D eigenvalue weighted by Crippen LogP contribution is 2.58. The fourth-order valence-electron chi connectivity index (χ4n) is 22.5. The van der Waals surface area contributed by atoms with Crippen molar-refractivity contribution in [2.75, 3.05) is 14.7 Å². The highest BCUT2D eigenvalue weighted by Gasteiger charge is 2.40. The van der Waals surface area contributed by atoms with Gasteiger partial charge in [-0.3, -0.25) is 13.2 Å². The lowest BCUT2D eigenvalue weighted by molar-refractivity contribution is 0.660. The summed E-state index contributed by atoms with van der Waals surface area (Å²) < 4.78 is 17.6. The van der Waals surface area contributed by atoms with Crippen LogP contribution in [-0.2, 0) is 10.8 Å². The Bertz CT molecular complexity index is 9440. The maximum Gasteiger partial charge on any atom is 0.143 e. The fraction of sp³-hybridized carbons (Fsp3) is 0.0534. The predicted molar refractivity (Wildman–Crippen MR) is 603 cm³/mol. The van der Waals surface area contributed by atoms with Crippen LogP contribution in [0.5, 0.6) is 0 Å². The number of para-hydroxylation sites is 9. The van der Waals surface area contributed by atoms with Gasteiger partial charge in [-0.1, -0.05) is 345 Å².